The molecular weight excluding hydrogens is 435 g/mol. The molecule has 0 radical (unpaired) electrons. The van der Waals surface area contributed by atoms with Crippen LogP contribution in [-0.4, -0.2) is 28.3 Å². The maximum absolute atomic E-state index is 13.8. The molecule has 3 rings (SSSR count). The van der Waals surface area contributed by atoms with Crippen LogP contribution in [0.1, 0.15) is 23.0 Å². The summed E-state index contributed by atoms with van der Waals surface area (Å²) in [5, 5.41) is 11.6. The van der Waals surface area contributed by atoms with E-state index in [9.17, 15) is 22.8 Å². The second-order valence-electron chi connectivity index (χ2n) is 6.31. The average molecular weight is 452 g/mol. The highest BCUT2D eigenvalue weighted by atomic mass is 35.5. The number of amides is 3. The summed E-state index contributed by atoms with van der Waals surface area (Å²) >= 11 is 5.79. The Kier molecular flexibility index (Phi) is 6.50. The number of anilines is 2. The van der Waals surface area contributed by atoms with Gasteiger partial charge in [-0.05, 0) is 49.4 Å². The van der Waals surface area contributed by atoms with Gasteiger partial charge in [-0.1, -0.05) is 17.7 Å². The highest BCUT2D eigenvalue weighted by Gasteiger charge is 2.40. The minimum atomic E-state index is -4.84. The standard InChI is InChI=1S/C20H17ClF3N5O2/c1-2-25-19(31)28-14-5-3-4-13(10-14)27-18(30)16-11-26-29(17(16)20(22,23)24)15-8-6-12(21)7-9-15/h3-11H,2H2,1H3,(H,27,30)(H2,25,28,31). The number of benzene rings is 2. The Morgan fingerprint density at radius 2 is 1.71 bits per heavy atom. The SMILES string of the molecule is CCNC(=O)Nc1cccc(NC(=O)c2cnn(-c3ccc(Cl)cc3)c2C(F)(F)F)c1. The number of aromatic nitrogens is 2. The molecule has 0 fully saturated rings. The Morgan fingerprint density at radius 3 is 2.32 bits per heavy atom. The van der Waals surface area contributed by atoms with Gasteiger partial charge < -0.3 is 16.0 Å². The molecule has 7 nitrogen and oxygen atoms in total. The molecule has 162 valence electrons. The first-order chi connectivity index (χ1) is 14.7. The zero-order valence-electron chi connectivity index (χ0n) is 16.1. The summed E-state index contributed by atoms with van der Waals surface area (Å²) in [6, 6.07) is 11.1. The van der Waals surface area contributed by atoms with E-state index < -0.39 is 29.4 Å². The van der Waals surface area contributed by atoms with Crippen LogP contribution in [0.5, 0.6) is 0 Å². The van der Waals surface area contributed by atoms with Gasteiger partial charge in [0.25, 0.3) is 5.91 Å². The molecule has 3 amide bonds. The summed E-state index contributed by atoms with van der Waals surface area (Å²) < 4.78 is 41.9. The maximum atomic E-state index is 13.8. The van der Waals surface area contributed by atoms with Crippen LogP contribution in [0.2, 0.25) is 5.02 Å². The van der Waals surface area contributed by atoms with E-state index in [0.717, 1.165) is 6.20 Å². The Morgan fingerprint density at radius 1 is 1.06 bits per heavy atom. The summed E-state index contributed by atoms with van der Waals surface area (Å²) in [6.45, 7) is 2.17. The fourth-order valence-electron chi connectivity index (χ4n) is 2.77. The lowest BCUT2D eigenvalue weighted by molar-refractivity contribution is -0.143. The zero-order valence-corrected chi connectivity index (χ0v) is 16.9. The van der Waals surface area contributed by atoms with Crippen LogP contribution in [-0.2, 0) is 6.18 Å². The molecule has 0 atom stereocenters. The number of hydrogen-bond donors (Lipinski definition) is 3. The van der Waals surface area contributed by atoms with Crippen molar-refractivity contribution < 1.29 is 22.8 Å². The monoisotopic (exact) mass is 451 g/mol. The zero-order chi connectivity index (χ0) is 22.6. The summed E-state index contributed by atoms with van der Waals surface area (Å²) in [4.78, 5) is 24.3. The number of carbonyl (C=O) groups is 2. The molecule has 1 heterocycles. The van der Waals surface area contributed by atoms with Crippen LogP contribution in [0.3, 0.4) is 0 Å². The van der Waals surface area contributed by atoms with Crippen molar-refractivity contribution in [1.82, 2.24) is 15.1 Å². The number of alkyl halides is 3. The first kappa shape index (κ1) is 22.2. The van der Waals surface area contributed by atoms with Gasteiger partial charge in [-0.25, -0.2) is 9.48 Å². The molecular formula is C20H17ClF3N5O2. The van der Waals surface area contributed by atoms with Crippen molar-refractivity contribution in [3.05, 3.63) is 71.0 Å². The molecule has 1 aromatic heterocycles. The molecule has 0 aliphatic heterocycles. The Hall–Kier alpha value is -3.53. The van der Waals surface area contributed by atoms with E-state index >= 15 is 0 Å². The molecule has 2 aromatic carbocycles. The third kappa shape index (κ3) is 5.34. The van der Waals surface area contributed by atoms with E-state index in [4.69, 9.17) is 11.6 Å². The minimum Gasteiger partial charge on any atom is -0.338 e. The van der Waals surface area contributed by atoms with E-state index in [1.165, 1.54) is 36.4 Å². The van der Waals surface area contributed by atoms with Gasteiger partial charge >= 0.3 is 12.2 Å². The number of halogens is 4. The second-order valence-corrected chi connectivity index (χ2v) is 6.75. The van der Waals surface area contributed by atoms with E-state index in [1.54, 1.807) is 19.1 Å². The summed E-state index contributed by atoms with van der Waals surface area (Å²) in [5.41, 5.74) is -1.21. The van der Waals surface area contributed by atoms with Crippen molar-refractivity contribution in [2.45, 2.75) is 13.1 Å². The van der Waals surface area contributed by atoms with E-state index in [0.29, 0.717) is 21.9 Å². The van der Waals surface area contributed by atoms with Crippen molar-refractivity contribution in [1.29, 1.82) is 0 Å². The van der Waals surface area contributed by atoms with Gasteiger partial charge in [0.2, 0.25) is 0 Å². The lowest BCUT2D eigenvalue weighted by Crippen LogP contribution is -2.28. The molecule has 0 unspecified atom stereocenters. The smallest absolute Gasteiger partial charge is 0.338 e. The first-order valence-electron chi connectivity index (χ1n) is 9.06. The van der Waals surface area contributed by atoms with Gasteiger partial charge in [0.15, 0.2) is 5.69 Å². The second kappa shape index (κ2) is 9.09. The molecule has 0 spiro atoms. The van der Waals surface area contributed by atoms with Crippen LogP contribution in [0.4, 0.5) is 29.3 Å². The molecule has 3 N–H and O–H groups in total. The van der Waals surface area contributed by atoms with Crippen LogP contribution >= 0.6 is 11.6 Å². The lowest BCUT2D eigenvalue weighted by atomic mass is 10.2. The summed E-state index contributed by atoms with van der Waals surface area (Å²) in [7, 11) is 0. The van der Waals surface area contributed by atoms with Gasteiger partial charge in [0.1, 0.15) is 0 Å². The van der Waals surface area contributed by atoms with Gasteiger partial charge in [-0.2, -0.15) is 18.3 Å². The van der Waals surface area contributed by atoms with E-state index in [2.05, 4.69) is 21.0 Å². The van der Waals surface area contributed by atoms with Crippen LogP contribution in [0, 0.1) is 0 Å². The minimum absolute atomic E-state index is 0.101. The van der Waals surface area contributed by atoms with Crippen LogP contribution in [0.25, 0.3) is 5.69 Å². The molecule has 3 aromatic rings. The van der Waals surface area contributed by atoms with Gasteiger partial charge in [0.05, 0.1) is 17.4 Å². The Bertz CT molecular complexity index is 1100. The lowest BCUT2D eigenvalue weighted by Gasteiger charge is -2.13. The van der Waals surface area contributed by atoms with Gasteiger partial charge in [-0.3, -0.25) is 4.79 Å². The predicted octanol–water partition coefficient (Wildman–Crippen LogP) is 4.94. The fourth-order valence-corrected chi connectivity index (χ4v) is 2.90. The largest absolute Gasteiger partial charge is 0.434 e. The first-order valence-corrected chi connectivity index (χ1v) is 9.44. The number of nitrogens with zero attached hydrogens (tertiary/aromatic N) is 2. The summed E-state index contributed by atoms with van der Waals surface area (Å²) in [5.74, 6) is -0.998. The van der Waals surface area contributed by atoms with Crippen molar-refractivity contribution in [2.75, 3.05) is 17.2 Å². The topological polar surface area (TPSA) is 88.1 Å². The number of nitrogens with one attached hydrogen (secondary N) is 3. The Labute approximate surface area is 180 Å². The maximum Gasteiger partial charge on any atom is 0.434 e. The number of hydrogen-bond acceptors (Lipinski definition) is 3. The van der Waals surface area contributed by atoms with Crippen molar-refractivity contribution in [3.8, 4) is 5.69 Å². The van der Waals surface area contributed by atoms with Gasteiger partial charge in [0, 0.05) is 22.9 Å². The fraction of sp³-hybridized carbons (Fsp3) is 0.150. The highest BCUT2D eigenvalue weighted by Crippen LogP contribution is 2.34. The molecule has 31 heavy (non-hydrogen) atoms. The third-order valence-electron chi connectivity index (χ3n) is 4.07. The van der Waals surface area contributed by atoms with Crippen LogP contribution in [0.15, 0.2) is 54.7 Å². The summed E-state index contributed by atoms with van der Waals surface area (Å²) in [6.07, 6.45) is -3.99. The third-order valence-corrected chi connectivity index (χ3v) is 4.32. The molecule has 0 saturated carbocycles. The molecule has 0 aliphatic rings. The molecule has 11 heteroatoms. The molecule has 0 saturated heterocycles. The van der Waals surface area contributed by atoms with E-state index in [1.807, 2.05) is 0 Å². The van der Waals surface area contributed by atoms with Crippen LogP contribution < -0.4 is 16.0 Å². The number of urea groups is 1. The predicted molar refractivity (Wildman–Crippen MR) is 111 cm³/mol. The van der Waals surface area contributed by atoms with E-state index in [-0.39, 0.29) is 11.4 Å². The normalized spacial score (nSPS) is 11.1. The number of carbonyl (C=O) groups excluding carboxylic acids is 2. The Balaban J connectivity index is 1.89. The van der Waals surface area contributed by atoms with Crippen molar-refractivity contribution >= 4 is 34.9 Å². The number of rotatable bonds is 5. The quantitative estimate of drug-likeness (QED) is 0.513. The molecule has 0 bridgehead atoms. The molecule has 0 aliphatic carbocycles. The van der Waals surface area contributed by atoms with Crippen molar-refractivity contribution in [3.63, 3.8) is 0 Å². The van der Waals surface area contributed by atoms with Crippen molar-refractivity contribution in [2.24, 2.45) is 0 Å². The highest BCUT2D eigenvalue weighted by molar-refractivity contribution is 6.30. The van der Waals surface area contributed by atoms with Gasteiger partial charge in [-0.15, -0.1) is 0 Å². The average Bonchev–Trinajstić information content (AvgIpc) is 3.15.